The monoisotopic (exact) mass is 434 g/mol. The van der Waals surface area contributed by atoms with E-state index in [1.807, 2.05) is 6.92 Å². The number of thiazole rings is 1. The first-order chi connectivity index (χ1) is 14.3. The zero-order chi connectivity index (χ0) is 21.9. The van der Waals surface area contributed by atoms with E-state index >= 15 is 0 Å². The predicted octanol–water partition coefficient (Wildman–Crippen LogP) is 5.80. The molecule has 0 amide bonds. The molecule has 0 radical (unpaired) electrons. The van der Waals surface area contributed by atoms with Gasteiger partial charge in [0, 0.05) is 0 Å². The lowest BCUT2D eigenvalue weighted by Crippen LogP contribution is -2.03. The topological polar surface area (TPSA) is 64.4 Å². The van der Waals surface area contributed by atoms with Gasteiger partial charge >= 0.3 is 6.18 Å². The number of nitrogens with zero attached hydrogens (tertiary/aromatic N) is 2. The fraction of sp³-hybridized carbons (Fsp3) is 0.238. The number of benzene rings is 2. The van der Waals surface area contributed by atoms with E-state index in [1.54, 1.807) is 18.2 Å². The summed E-state index contributed by atoms with van der Waals surface area (Å²) in [6.07, 6.45) is -2.88. The Bertz CT molecular complexity index is 1120. The van der Waals surface area contributed by atoms with Crippen LogP contribution in [0.15, 0.2) is 30.3 Å². The second-order valence-electron chi connectivity index (χ2n) is 6.06. The van der Waals surface area contributed by atoms with Crippen LogP contribution in [0.2, 0.25) is 0 Å². The van der Waals surface area contributed by atoms with Crippen LogP contribution in [0.25, 0.3) is 21.9 Å². The molecule has 0 saturated carbocycles. The maximum absolute atomic E-state index is 12.9. The molecule has 0 aliphatic carbocycles. The Balaban J connectivity index is 2.07. The largest absolute Gasteiger partial charge is 0.493 e. The molecule has 0 spiro atoms. The Hall–Kier alpha value is -3.25. The van der Waals surface area contributed by atoms with E-state index in [0.29, 0.717) is 39.1 Å². The van der Waals surface area contributed by atoms with Gasteiger partial charge < -0.3 is 14.2 Å². The number of methoxy groups -OCH3 is 2. The van der Waals surface area contributed by atoms with Gasteiger partial charge in [-0.1, -0.05) is 0 Å². The maximum Gasteiger partial charge on any atom is 0.416 e. The lowest BCUT2D eigenvalue weighted by molar-refractivity contribution is -0.137. The molecule has 1 aromatic heterocycles. The van der Waals surface area contributed by atoms with Crippen LogP contribution >= 0.6 is 11.3 Å². The van der Waals surface area contributed by atoms with E-state index in [0.717, 1.165) is 23.5 Å². The number of allylic oxidation sites excluding steroid dienone is 1. The SMILES string of the molecule is CCOc1c(OC)cc(/C=C(/C#N)c2nc3cc(C(F)(F)F)ccc3s2)cc1OC. The average Bonchev–Trinajstić information content (AvgIpc) is 3.15. The Morgan fingerprint density at radius 3 is 2.37 bits per heavy atom. The highest BCUT2D eigenvalue weighted by Gasteiger charge is 2.30. The molecule has 0 unspecified atom stereocenters. The van der Waals surface area contributed by atoms with Crippen LogP contribution in [0.1, 0.15) is 23.1 Å². The van der Waals surface area contributed by atoms with E-state index in [9.17, 15) is 18.4 Å². The van der Waals surface area contributed by atoms with E-state index in [1.165, 1.54) is 20.3 Å². The number of hydrogen-bond donors (Lipinski definition) is 0. The molecular formula is C21H17F3N2O3S. The molecule has 0 atom stereocenters. The van der Waals surface area contributed by atoms with Crippen LogP contribution in [0.3, 0.4) is 0 Å². The van der Waals surface area contributed by atoms with Gasteiger partial charge in [-0.2, -0.15) is 18.4 Å². The molecule has 1 heterocycles. The molecule has 5 nitrogen and oxygen atoms in total. The van der Waals surface area contributed by atoms with E-state index < -0.39 is 11.7 Å². The van der Waals surface area contributed by atoms with Crippen molar-refractivity contribution in [1.82, 2.24) is 4.98 Å². The van der Waals surface area contributed by atoms with Crippen LogP contribution in [0, 0.1) is 11.3 Å². The standard InChI is InChI=1S/C21H17F3N2O3S/c1-4-29-19-16(27-2)8-12(9-17(19)28-3)7-13(11-25)20-26-15-10-14(21(22,23)24)5-6-18(15)30-20/h5-10H,4H2,1-3H3/b13-7-. The highest BCUT2D eigenvalue weighted by molar-refractivity contribution is 7.19. The number of fused-ring (bicyclic) bond motifs is 1. The van der Waals surface area contributed by atoms with Gasteiger partial charge in [0.2, 0.25) is 5.75 Å². The Kier molecular flexibility index (Phi) is 6.17. The molecule has 0 aliphatic rings. The van der Waals surface area contributed by atoms with Crippen LogP contribution in [-0.4, -0.2) is 25.8 Å². The van der Waals surface area contributed by atoms with Crippen molar-refractivity contribution in [3.8, 4) is 23.3 Å². The van der Waals surface area contributed by atoms with Crippen molar-refractivity contribution < 1.29 is 27.4 Å². The Labute approximate surface area is 174 Å². The number of nitriles is 1. The number of aromatic nitrogens is 1. The third kappa shape index (κ3) is 4.33. The highest BCUT2D eigenvalue weighted by atomic mass is 32.1. The second-order valence-corrected chi connectivity index (χ2v) is 7.09. The second kappa shape index (κ2) is 8.63. The minimum Gasteiger partial charge on any atom is -0.493 e. The minimum atomic E-state index is -4.46. The quantitative estimate of drug-likeness (QED) is 0.459. The summed E-state index contributed by atoms with van der Waals surface area (Å²) in [5.41, 5.74) is 0.208. The van der Waals surface area contributed by atoms with Crippen LogP contribution in [-0.2, 0) is 6.18 Å². The van der Waals surface area contributed by atoms with Crippen LogP contribution < -0.4 is 14.2 Å². The van der Waals surface area contributed by atoms with Crippen molar-refractivity contribution in [1.29, 1.82) is 5.26 Å². The summed E-state index contributed by atoms with van der Waals surface area (Å²) in [6.45, 7) is 2.24. The van der Waals surface area contributed by atoms with Gasteiger partial charge in [0.05, 0.1) is 42.2 Å². The summed E-state index contributed by atoms with van der Waals surface area (Å²) >= 11 is 1.14. The summed E-state index contributed by atoms with van der Waals surface area (Å²) < 4.78 is 55.7. The van der Waals surface area contributed by atoms with Gasteiger partial charge in [0.1, 0.15) is 11.1 Å². The van der Waals surface area contributed by atoms with E-state index in [4.69, 9.17) is 14.2 Å². The molecule has 0 N–H and O–H groups in total. The first kappa shape index (κ1) is 21.5. The normalized spacial score (nSPS) is 12.0. The van der Waals surface area contributed by atoms with Gasteiger partial charge in [-0.25, -0.2) is 4.98 Å². The van der Waals surface area contributed by atoms with Crippen molar-refractivity contribution in [2.45, 2.75) is 13.1 Å². The molecule has 0 aliphatic heterocycles. The van der Waals surface area contributed by atoms with Crippen molar-refractivity contribution in [3.63, 3.8) is 0 Å². The number of alkyl halides is 3. The first-order valence-corrected chi connectivity index (χ1v) is 9.61. The number of halogens is 3. The summed E-state index contributed by atoms with van der Waals surface area (Å²) in [7, 11) is 2.98. The third-order valence-corrected chi connectivity index (χ3v) is 5.22. The van der Waals surface area contributed by atoms with Gasteiger partial charge in [-0.15, -0.1) is 11.3 Å². The molecule has 30 heavy (non-hydrogen) atoms. The molecule has 2 aromatic carbocycles. The fourth-order valence-electron chi connectivity index (χ4n) is 2.80. The predicted molar refractivity (Wildman–Crippen MR) is 109 cm³/mol. The van der Waals surface area contributed by atoms with E-state index in [-0.39, 0.29) is 11.1 Å². The number of rotatable bonds is 6. The summed E-state index contributed by atoms with van der Waals surface area (Å²) in [5.74, 6) is 1.30. The van der Waals surface area contributed by atoms with Gasteiger partial charge in [0.15, 0.2) is 11.5 Å². The van der Waals surface area contributed by atoms with Gasteiger partial charge in [-0.05, 0) is 48.9 Å². The molecule has 0 fully saturated rings. The summed E-state index contributed by atoms with van der Waals surface area (Å²) in [5, 5.41) is 9.94. The van der Waals surface area contributed by atoms with Crippen molar-refractivity contribution in [2.75, 3.05) is 20.8 Å². The number of ether oxygens (including phenoxy) is 3. The molecule has 9 heteroatoms. The van der Waals surface area contributed by atoms with E-state index in [2.05, 4.69) is 11.1 Å². The summed E-state index contributed by atoms with van der Waals surface area (Å²) in [4.78, 5) is 4.23. The highest BCUT2D eigenvalue weighted by Crippen LogP contribution is 2.40. The first-order valence-electron chi connectivity index (χ1n) is 8.79. The zero-order valence-corrected chi connectivity index (χ0v) is 17.1. The molecular weight excluding hydrogens is 417 g/mol. The van der Waals surface area contributed by atoms with Crippen molar-refractivity contribution in [2.24, 2.45) is 0 Å². The fourth-order valence-corrected chi connectivity index (χ4v) is 3.71. The molecule has 0 bridgehead atoms. The minimum absolute atomic E-state index is 0.188. The van der Waals surface area contributed by atoms with Crippen molar-refractivity contribution in [3.05, 3.63) is 46.5 Å². The zero-order valence-electron chi connectivity index (χ0n) is 16.3. The van der Waals surface area contributed by atoms with Crippen LogP contribution in [0.4, 0.5) is 13.2 Å². The molecule has 3 rings (SSSR count). The number of hydrogen-bond acceptors (Lipinski definition) is 6. The molecule has 3 aromatic rings. The average molecular weight is 434 g/mol. The lowest BCUT2D eigenvalue weighted by atomic mass is 10.1. The third-order valence-electron chi connectivity index (χ3n) is 4.15. The van der Waals surface area contributed by atoms with Gasteiger partial charge in [-0.3, -0.25) is 0 Å². The van der Waals surface area contributed by atoms with Gasteiger partial charge in [0.25, 0.3) is 0 Å². The smallest absolute Gasteiger partial charge is 0.416 e. The molecule has 156 valence electrons. The van der Waals surface area contributed by atoms with Crippen LogP contribution in [0.5, 0.6) is 17.2 Å². The summed E-state index contributed by atoms with van der Waals surface area (Å²) in [6, 6.07) is 8.76. The molecule has 0 saturated heterocycles. The Morgan fingerprint density at radius 1 is 1.17 bits per heavy atom. The van der Waals surface area contributed by atoms with Crippen molar-refractivity contribution >= 4 is 33.2 Å². The Morgan fingerprint density at radius 2 is 1.83 bits per heavy atom. The lowest BCUT2D eigenvalue weighted by Gasteiger charge is -2.14. The maximum atomic E-state index is 12.9.